The van der Waals surface area contributed by atoms with Crippen LogP contribution < -0.4 is 4.90 Å². The zero-order valence-corrected chi connectivity index (χ0v) is 17.4. The van der Waals surface area contributed by atoms with Gasteiger partial charge in [-0.3, -0.25) is 4.90 Å². The second-order valence-corrected chi connectivity index (χ2v) is 8.43. The van der Waals surface area contributed by atoms with E-state index < -0.39 is 0 Å². The summed E-state index contributed by atoms with van der Waals surface area (Å²) < 4.78 is 0. The molecule has 0 spiro atoms. The topological polar surface area (TPSA) is 72.7 Å². The van der Waals surface area contributed by atoms with Crippen LogP contribution in [-0.4, -0.2) is 71.0 Å². The molecule has 3 heterocycles. The summed E-state index contributed by atoms with van der Waals surface area (Å²) >= 11 is 1.68. The quantitative estimate of drug-likeness (QED) is 0.593. The van der Waals surface area contributed by atoms with Crippen molar-refractivity contribution in [3.63, 3.8) is 0 Å². The lowest BCUT2D eigenvalue weighted by Crippen LogP contribution is -2.40. The molecule has 3 aromatic rings. The first-order valence-electron chi connectivity index (χ1n) is 10.3. The number of anilines is 1. The number of rotatable bonds is 8. The van der Waals surface area contributed by atoms with E-state index in [0.29, 0.717) is 19.0 Å². The van der Waals surface area contributed by atoms with E-state index in [9.17, 15) is 10.2 Å². The Hall–Kier alpha value is -2.06. The molecule has 0 saturated carbocycles. The third kappa shape index (κ3) is 4.59. The molecule has 154 valence electrons. The van der Waals surface area contributed by atoms with Crippen LogP contribution in [0.2, 0.25) is 0 Å². The first kappa shape index (κ1) is 20.2. The summed E-state index contributed by atoms with van der Waals surface area (Å²) in [6, 6.07) is 10.5. The number of hydrogen-bond donors (Lipinski definition) is 2. The third-order valence-electron chi connectivity index (χ3n) is 5.70. The fourth-order valence-electron chi connectivity index (χ4n) is 4.20. The maximum Gasteiger partial charge on any atom is 0.141 e. The largest absolute Gasteiger partial charge is 0.395 e. The van der Waals surface area contributed by atoms with Crippen molar-refractivity contribution in [2.24, 2.45) is 5.92 Å². The zero-order chi connectivity index (χ0) is 20.1. The van der Waals surface area contributed by atoms with Gasteiger partial charge in [-0.15, -0.1) is 11.3 Å². The lowest BCUT2D eigenvalue weighted by molar-refractivity contribution is 0.138. The Labute approximate surface area is 175 Å². The van der Waals surface area contributed by atoms with Crippen LogP contribution in [-0.2, 0) is 0 Å². The van der Waals surface area contributed by atoms with Crippen molar-refractivity contribution < 1.29 is 10.2 Å². The molecule has 7 heteroatoms. The van der Waals surface area contributed by atoms with Crippen LogP contribution in [0.15, 0.2) is 42.0 Å². The van der Waals surface area contributed by atoms with Crippen molar-refractivity contribution in [2.75, 3.05) is 50.8 Å². The lowest BCUT2D eigenvalue weighted by atomic mass is 9.95. The molecule has 2 aromatic heterocycles. The van der Waals surface area contributed by atoms with E-state index in [1.807, 2.05) is 6.07 Å². The number of thiophene rings is 1. The standard InChI is InChI=1S/C22H28N4O2S/c27-12-10-25(11-13-28)14-17-6-8-26(9-7-17)21-20-19(18-4-2-1-3-5-18)15-29-22(20)24-16-23-21/h1-5,15-17,27-28H,6-14H2. The molecule has 6 nitrogen and oxygen atoms in total. The van der Waals surface area contributed by atoms with Crippen molar-refractivity contribution in [1.29, 1.82) is 0 Å². The van der Waals surface area contributed by atoms with Crippen molar-refractivity contribution in [1.82, 2.24) is 14.9 Å². The molecule has 4 rings (SSSR count). The number of fused-ring (bicyclic) bond motifs is 1. The molecule has 0 bridgehead atoms. The normalized spacial score (nSPS) is 15.5. The summed E-state index contributed by atoms with van der Waals surface area (Å²) in [6.45, 7) is 4.39. The van der Waals surface area contributed by atoms with E-state index in [0.717, 1.165) is 48.5 Å². The average molecular weight is 413 g/mol. The van der Waals surface area contributed by atoms with E-state index in [4.69, 9.17) is 0 Å². The first-order valence-corrected chi connectivity index (χ1v) is 11.1. The second kappa shape index (κ2) is 9.63. The van der Waals surface area contributed by atoms with Crippen LogP contribution in [0.5, 0.6) is 0 Å². The van der Waals surface area contributed by atoms with Crippen LogP contribution in [0.3, 0.4) is 0 Å². The van der Waals surface area contributed by atoms with Crippen molar-refractivity contribution in [2.45, 2.75) is 12.8 Å². The monoisotopic (exact) mass is 412 g/mol. The Kier molecular flexibility index (Phi) is 6.71. The highest BCUT2D eigenvalue weighted by Gasteiger charge is 2.24. The highest BCUT2D eigenvalue weighted by molar-refractivity contribution is 7.17. The molecule has 0 unspecified atom stereocenters. The van der Waals surface area contributed by atoms with Crippen molar-refractivity contribution >= 4 is 27.4 Å². The van der Waals surface area contributed by atoms with Gasteiger partial charge in [0, 0.05) is 43.7 Å². The molecule has 2 N–H and O–H groups in total. The minimum atomic E-state index is 0.137. The molecular formula is C22H28N4O2S. The number of aliphatic hydroxyl groups is 2. The molecule has 1 fully saturated rings. The van der Waals surface area contributed by atoms with E-state index in [-0.39, 0.29) is 13.2 Å². The Morgan fingerprint density at radius 3 is 2.45 bits per heavy atom. The molecule has 0 radical (unpaired) electrons. The van der Waals surface area contributed by atoms with Gasteiger partial charge in [0.1, 0.15) is 17.0 Å². The number of hydrogen-bond acceptors (Lipinski definition) is 7. The van der Waals surface area contributed by atoms with Gasteiger partial charge in [-0.2, -0.15) is 0 Å². The SMILES string of the molecule is OCCN(CCO)CC1CCN(c2ncnc3scc(-c4ccccc4)c23)CC1. The molecule has 1 aromatic carbocycles. The summed E-state index contributed by atoms with van der Waals surface area (Å²) in [5.41, 5.74) is 2.41. The summed E-state index contributed by atoms with van der Waals surface area (Å²) in [4.78, 5) is 14.8. The van der Waals surface area contributed by atoms with E-state index in [2.05, 4.69) is 49.4 Å². The minimum Gasteiger partial charge on any atom is -0.395 e. The molecule has 29 heavy (non-hydrogen) atoms. The molecular weight excluding hydrogens is 384 g/mol. The number of benzene rings is 1. The number of aromatic nitrogens is 2. The molecule has 0 atom stereocenters. The van der Waals surface area contributed by atoms with Crippen LogP contribution in [0.25, 0.3) is 21.3 Å². The molecule has 1 aliphatic rings. The first-order chi connectivity index (χ1) is 14.3. The lowest BCUT2D eigenvalue weighted by Gasteiger charge is -2.35. The fraction of sp³-hybridized carbons (Fsp3) is 0.455. The Morgan fingerprint density at radius 2 is 1.76 bits per heavy atom. The zero-order valence-electron chi connectivity index (χ0n) is 16.6. The van der Waals surface area contributed by atoms with E-state index in [1.54, 1.807) is 17.7 Å². The highest BCUT2D eigenvalue weighted by Crippen LogP contribution is 2.38. The summed E-state index contributed by atoms with van der Waals surface area (Å²) in [5, 5.41) is 21.8. The van der Waals surface area contributed by atoms with Gasteiger partial charge in [-0.1, -0.05) is 30.3 Å². The smallest absolute Gasteiger partial charge is 0.141 e. The summed E-state index contributed by atoms with van der Waals surface area (Å²) in [6.07, 6.45) is 3.85. The van der Waals surface area contributed by atoms with Crippen LogP contribution in [0.4, 0.5) is 5.82 Å². The van der Waals surface area contributed by atoms with Gasteiger partial charge in [-0.05, 0) is 24.3 Å². The molecule has 0 amide bonds. The molecule has 1 saturated heterocycles. The molecule has 0 aliphatic carbocycles. The highest BCUT2D eigenvalue weighted by atomic mass is 32.1. The average Bonchev–Trinajstić information content (AvgIpc) is 3.20. The van der Waals surface area contributed by atoms with Gasteiger partial charge in [0.15, 0.2) is 0 Å². The van der Waals surface area contributed by atoms with Gasteiger partial charge in [0.2, 0.25) is 0 Å². The predicted molar refractivity (Wildman–Crippen MR) is 118 cm³/mol. The van der Waals surface area contributed by atoms with Gasteiger partial charge >= 0.3 is 0 Å². The minimum absolute atomic E-state index is 0.137. The maximum absolute atomic E-state index is 9.24. The van der Waals surface area contributed by atoms with Gasteiger partial charge in [0.25, 0.3) is 0 Å². The number of piperidine rings is 1. The maximum atomic E-state index is 9.24. The third-order valence-corrected chi connectivity index (χ3v) is 6.58. The summed E-state index contributed by atoms with van der Waals surface area (Å²) in [5.74, 6) is 1.62. The number of aliphatic hydroxyl groups excluding tert-OH is 2. The van der Waals surface area contributed by atoms with Gasteiger partial charge < -0.3 is 15.1 Å². The Balaban J connectivity index is 1.51. The van der Waals surface area contributed by atoms with Gasteiger partial charge in [-0.25, -0.2) is 9.97 Å². The number of nitrogens with zero attached hydrogens (tertiary/aromatic N) is 4. The van der Waals surface area contributed by atoms with Crippen molar-refractivity contribution in [3.8, 4) is 11.1 Å². The predicted octanol–water partition coefficient (Wildman–Crippen LogP) is 2.86. The van der Waals surface area contributed by atoms with E-state index in [1.165, 1.54) is 11.1 Å². The fourth-order valence-corrected chi connectivity index (χ4v) is 5.11. The van der Waals surface area contributed by atoms with Gasteiger partial charge in [0.05, 0.1) is 18.6 Å². The second-order valence-electron chi connectivity index (χ2n) is 7.57. The summed E-state index contributed by atoms with van der Waals surface area (Å²) in [7, 11) is 0. The van der Waals surface area contributed by atoms with Crippen molar-refractivity contribution in [3.05, 3.63) is 42.0 Å². The van der Waals surface area contributed by atoms with Crippen LogP contribution in [0.1, 0.15) is 12.8 Å². The van der Waals surface area contributed by atoms with Crippen LogP contribution in [0, 0.1) is 5.92 Å². The van der Waals surface area contributed by atoms with E-state index >= 15 is 0 Å². The van der Waals surface area contributed by atoms with Crippen LogP contribution >= 0.6 is 11.3 Å². The molecule has 1 aliphatic heterocycles. The Morgan fingerprint density at radius 1 is 1.03 bits per heavy atom. The Bertz CT molecular complexity index is 904.